The number of hydrogen-bond acceptors (Lipinski definition) is 4. The van der Waals surface area contributed by atoms with Gasteiger partial charge in [-0.05, 0) is 24.7 Å². The van der Waals surface area contributed by atoms with Gasteiger partial charge in [-0.2, -0.15) is 0 Å². The summed E-state index contributed by atoms with van der Waals surface area (Å²) in [6.45, 7) is 6.27. The van der Waals surface area contributed by atoms with Crippen LogP contribution in [0.4, 0.5) is 9.93 Å². The molecule has 7 heteroatoms. The summed E-state index contributed by atoms with van der Waals surface area (Å²) in [5, 5.41) is 5.54. The van der Waals surface area contributed by atoms with Crippen molar-refractivity contribution in [1.29, 1.82) is 0 Å². The number of thiazole rings is 1. The Hall–Kier alpha value is -1.63. The number of rotatable bonds is 5. The summed E-state index contributed by atoms with van der Waals surface area (Å²) >= 11 is 1.46. The van der Waals surface area contributed by atoms with E-state index in [2.05, 4.69) is 24.1 Å². The second kappa shape index (κ2) is 8.29. The summed E-state index contributed by atoms with van der Waals surface area (Å²) in [5.74, 6) is 0.728. The lowest BCUT2D eigenvalue weighted by molar-refractivity contribution is -0.119. The molecule has 3 amide bonds. The van der Waals surface area contributed by atoms with Crippen LogP contribution in [0, 0.1) is 11.8 Å². The summed E-state index contributed by atoms with van der Waals surface area (Å²) in [6, 6.07) is -0.0101. The highest BCUT2D eigenvalue weighted by molar-refractivity contribution is 7.13. The number of nitrogens with zero attached hydrogens (tertiary/aromatic N) is 3. The highest BCUT2D eigenvalue weighted by atomic mass is 32.1. The number of carbonyl (C=O) groups excluding carboxylic acids is 2. The zero-order valence-corrected chi connectivity index (χ0v) is 14.9. The minimum atomic E-state index is -0.0101. The standard InChI is InChI=1S/C16H26N4O2S/c1-12(2)10-18-15(22)20-7-4-5-13(11-20)9-14(21)19(3)16-17-6-8-23-16/h6,8,12-13H,4-5,7,9-11H2,1-3H3,(H,18,22)/t13-/m0/s1. The molecule has 2 heterocycles. The van der Waals surface area contributed by atoms with Crippen LogP contribution in [-0.4, -0.2) is 48.5 Å². The first-order valence-electron chi connectivity index (χ1n) is 8.16. The number of hydrogen-bond donors (Lipinski definition) is 1. The van der Waals surface area contributed by atoms with Crippen molar-refractivity contribution >= 4 is 28.4 Å². The van der Waals surface area contributed by atoms with E-state index in [-0.39, 0.29) is 17.9 Å². The fraction of sp³-hybridized carbons (Fsp3) is 0.688. The summed E-state index contributed by atoms with van der Waals surface area (Å²) in [7, 11) is 1.76. The highest BCUT2D eigenvalue weighted by Crippen LogP contribution is 2.23. The van der Waals surface area contributed by atoms with Crippen LogP contribution in [-0.2, 0) is 4.79 Å². The van der Waals surface area contributed by atoms with Crippen molar-refractivity contribution in [2.75, 3.05) is 31.6 Å². The number of urea groups is 1. The fourth-order valence-electron chi connectivity index (χ4n) is 2.69. The second-order valence-corrected chi connectivity index (χ2v) is 7.38. The maximum atomic E-state index is 12.4. The van der Waals surface area contributed by atoms with Crippen molar-refractivity contribution in [2.45, 2.75) is 33.1 Å². The van der Waals surface area contributed by atoms with Crippen LogP contribution in [0.25, 0.3) is 0 Å². The van der Waals surface area contributed by atoms with E-state index in [1.165, 1.54) is 11.3 Å². The van der Waals surface area contributed by atoms with Gasteiger partial charge < -0.3 is 10.2 Å². The van der Waals surface area contributed by atoms with Gasteiger partial charge in [0.2, 0.25) is 5.91 Å². The molecule has 1 aromatic heterocycles. The first-order valence-corrected chi connectivity index (χ1v) is 9.04. The second-order valence-electron chi connectivity index (χ2n) is 6.51. The van der Waals surface area contributed by atoms with Crippen molar-refractivity contribution in [2.24, 2.45) is 11.8 Å². The largest absolute Gasteiger partial charge is 0.338 e. The molecule has 0 bridgehead atoms. The van der Waals surface area contributed by atoms with E-state index < -0.39 is 0 Å². The first kappa shape index (κ1) is 17.7. The van der Waals surface area contributed by atoms with Crippen molar-refractivity contribution in [3.8, 4) is 0 Å². The quantitative estimate of drug-likeness (QED) is 0.897. The maximum Gasteiger partial charge on any atom is 0.317 e. The average Bonchev–Trinajstić information content (AvgIpc) is 3.06. The molecule has 1 aliphatic rings. The van der Waals surface area contributed by atoms with E-state index in [1.54, 1.807) is 18.1 Å². The molecule has 6 nitrogen and oxygen atoms in total. The van der Waals surface area contributed by atoms with Gasteiger partial charge in [0.25, 0.3) is 0 Å². The van der Waals surface area contributed by atoms with Crippen LogP contribution in [0.1, 0.15) is 33.1 Å². The van der Waals surface area contributed by atoms with E-state index in [4.69, 9.17) is 0 Å². The first-order chi connectivity index (χ1) is 11.0. The number of nitrogens with one attached hydrogen (secondary N) is 1. The van der Waals surface area contributed by atoms with Crippen LogP contribution in [0.15, 0.2) is 11.6 Å². The van der Waals surface area contributed by atoms with E-state index in [9.17, 15) is 9.59 Å². The molecule has 0 radical (unpaired) electrons. The smallest absolute Gasteiger partial charge is 0.317 e. The molecule has 0 aliphatic carbocycles. The molecule has 0 unspecified atom stereocenters. The predicted octanol–water partition coefficient (Wildman–Crippen LogP) is 2.57. The van der Waals surface area contributed by atoms with Crippen LogP contribution < -0.4 is 10.2 Å². The number of amides is 3. The van der Waals surface area contributed by atoms with Crippen molar-refractivity contribution in [1.82, 2.24) is 15.2 Å². The van der Waals surface area contributed by atoms with Gasteiger partial charge in [-0.1, -0.05) is 13.8 Å². The normalized spacial score (nSPS) is 18.1. The Morgan fingerprint density at radius 1 is 1.52 bits per heavy atom. The van der Waals surface area contributed by atoms with E-state index in [0.717, 1.165) is 24.5 Å². The van der Waals surface area contributed by atoms with Gasteiger partial charge in [0.15, 0.2) is 5.13 Å². The molecule has 1 fully saturated rings. The average molecular weight is 338 g/mol. The van der Waals surface area contributed by atoms with Gasteiger partial charge in [0.1, 0.15) is 0 Å². The summed E-state index contributed by atoms with van der Waals surface area (Å²) in [6.07, 6.45) is 4.11. The summed E-state index contributed by atoms with van der Waals surface area (Å²) < 4.78 is 0. The van der Waals surface area contributed by atoms with Crippen molar-refractivity contribution < 1.29 is 9.59 Å². The third-order valence-corrected chi connectivity index (χ3v) is 4.86. The van der Waals surface area contributed by atoms with Crippen LogP contribution in [0.2, 0.25) is 0 Å². The molecule has 2 rings (SSSR count). The number of piperidine rings is 1. The lowest BCUT2D eigenvalue weighted by atomic mass is 9.94. The molecular formula is C16H26N4O2S. The third-order valence-electron chi connectivity index (χ3n) is 4.01. The molecular weight excluding hydrogens is 312 g/mol. The van der Waals surface area contributed by atoms with E-state index in [0.29, 0.717) is 25.4 Å². The van der Waals surface area contributed by atoms with Gasteiger partial charge in [0.05, 0.1) is 0 Å². The monoisotopic (exact) mass is 338 g/mol. The molecule has 0 aromatic carbocycles. The Kier molecular flexibility index (Phi) is 6.38. The van der Waals surface area contributed by atoms with E-state index >= 15 is 0 Å². The van der Waals surface area contributed by atoms with Crippen molar-refractivity contribution in [3.63, 3.8) is 0 Å². The molecule has 0 spiro atoms. The third kappa shape index (κ3) is 5.20. The summed E-state index contributed by atoms with van der Waals surface area (Å²) in [4.78, 5) is 32.2. The van der Waals surface area contributed by atoms with Crippen LogP contribution >= 0.6 is 11.3 Å². The zero-order chi connectivity index (χ0) is 16.8. The highest BCUT2D eigenvalue weighted by Gasteiger charge is 2.26. The van der Waals surface area contributed by atoms with Crippen LogP contribution in [0.3, 0.4) is 0 Å². The zero-order valence-electron chi connectivity index (χ0n) is 14.1. The van der Waals surface area contributed by atoms with Gasteiger partial charge in [-0.3, -0.25) is 9.69 Å². The number of aromatic nitrogens is 1. The molecule has 128 valence electrons. The van der Waals surface area contributed by atoms with Gasteiger partial charge in [0, 0.05) is 44.7 Å². The lowest BCUT2D eigenvalue weighted by Crippen LogP contribution is -2.47. The molecule has 0 saturated carbocycles. The number of anilines is 1. The molecule has 1 N–H and O–H groups in total. The topological polar surface area (TPSA) is 65.5 Å². The van der Waals surface area contributed by atoms with Gasteiger partial charge in [-0.25, -0.2) is 9.78 Å². The number of carbonyl (C=O) groups is 2. The Labute approximate surface area is 141 Å². The van der Waals surface area contributed by atoms with E-state index in [1.807, 2.05) is 10.3 Å². The predicted molar refractivity (Wildman–Crippen MR) is 92.7 cm³/mol. The Balaban J connectivity index is 1.83. The fourth-order valence-corrected chi connectivity index (χ4v) is 3.32. The van der Waals surface area contributed by atoms with Gasteiger partial charge in [-0.15, -0.1) is 11.3 Å². The van der Waals surface area contributed by atoms with Crippen LogP contribution in [0.5, 0.6) is 0 Å². The number of likely N-dealkylation sites (tertiary alicyclic amines) is 1. The van der Waals surface area contributed by atoms with Crippen molar-refractivity contribution in [3.05, 3.63) is 11.6 Å². The Morgan fingerprint density at radius 2 is 2.30 bits per heavy atom. The lowest BCUT2D eigenvalue weighted by Gasteiger charge is -2.33. The molecule has 1 atom stereocenters. The SMILES string of the molecule is CC(C)CNC(=O)N1CCC[C@@H](CC(=O)N(C)c2nccs2)C1. The molecule has 1 aliphatic heterocycles. The maximum absolute atomic E-state index is 12.4. The van der Waals surface area contributed by atoms with Gasteiger partial charge >= 0.3 is 6.03 Å². The minimum Gasteiger partial charge on any atom is -0.338 e. The minimum absolute atomic E-state index is 0.0101. The summed E-state index contributed by atoms with van der Waals surface area (Å²) in [5.41, 5.74) is 0. The molecule has 23 heavy (non-hydrogen) atoms. The molecule has 1 aromatic rings. The molecule has 1 saturated heterocycles. The Morgan fingerprint density at radius 3 is 2.96 bits per heavy atom. The Bertz CT molecular complexity index is 518.